The van der Waals surface area contributed by atoms with Gasteiger partial charge < -0.3 is 20.3 Å². The van der Waals surface area contributed by atoms with Gasteiger partial charge in [-0.15, -0.1) is 0 Å². The third-order valence-corrected chi connectivity index (χ3v) is 4.20. The number of carbonyl (C=O) groups excluding carboxylic acids is 1. The number of carboxylic acids is 1. The zero-order valence-electron chi connectivity index (χ0n) is 14.1. The number of rotatable bonds is 7. The molecule has 0 aromatic heterocycles. The molecule has 3 atom stereocenters. The lowest BCUT2D eigenvalue weighted by molar-refractivity contribution is -0.141. The van der Waals surface area contributed by atoms with Crippen molar-refractivity contribution in [2.45, 2.75) is 45.3 Å². The van der Waals surface area contributed by atoms with Crippen molar-refractivity contribution in [2.75, 3.05) is 6.54 Å². The molecule has 0 bridgehead atoms. The Kier molecular flexibility index (Phi) is 6.20. The van der Waals surface area contributed by atoms with Gasteiger partial charge in [0.1, 0.15) is 5.75 Å². The predicted molar refractivity (Wildman–Crippen MR) is 88.8 cm³/mol. The smallest absolute Gasteiger partial charge is 0.306 e. The fraction of sp³-hybridized carbons (Fsp3) is 0.556. The first-order valence-corrected chi connectivity index (χ1v) is 8.28. The summed E-state index contributed by atoms with van der Waals surface area (Å²) in [6, 6.07) is 7.39. The van der Waals surface area contributed by atoms with Crippen LogP contribution in [0.25, 0.3) is 0 Å². The normalized spacial score (nSPS) is 23.2. The van der Waals surface area contributed by atoms with E-state index < -0.39 is 18.0 Å². The number of nitrogens with one attached hydrogen (secondary N) is 1. The van der Waals surface area contributed by atoms with Crippen molar-refractivity contribution < 1.29 is 24.5 Å². The Balaban J connectivity index is 1.82. The number of aliphatic hydroxyl groups excluding tert-OH is 1. The van der Waals surface area contributed by atoms with Gasteiger partial charge in [-0.3, -0.25) is 9.59 Å². The lowest BCUT2D eigenvalue weighted by Gasteiger charge is -2.15. The van der Waals surface area contributed by atoms with E-state index in [2.05, 4.69) is 5.32 Å². The van der Waals surface area contributed by atoms with Gasteiger partial charge in [-0.05, 0) is 44.4 Å². The highest BCUT2D eigenvalue weighted by Crippen LogP contribution is 2.31. The molecular weight excluding hydrogens is 310 g/mol. The van der Waals surface area contributed by atoms with Gasteiger partial charge >= 0.3 is 5.97 Å². The van der Waals surface area contributed by atoms with Crippen LogP contribution in [0.5, 0.6) is 5.75 Å². The summed E-state index contributed by atoms with van der Waals surface area (Å²) in [6.07, 6.45) is 0.272. The second kappa shape index (κ2) is 8.15. The molecule has 24 heavy (non-hydrogen) atoms. The van der Waals surface area contributed by atoms with Gasteiger partial charge in [-0.2, -0.15) is 0 Å². The van der Waals surface area contributed by atoms with Gasteiger partial charge in [0.05, 0.1) is 24.5 Å². The van der Waals surface area contributed by atoms with E-state index in [1.165, 1.54) is 0 Å². The summed E-state index contributed by atoms with van der Waals surface area (Å²) >= 11 is 0. The molecule has 6 nitrogen and oxygen atoms in total. The number of benzene rings is 1. The topological polar surface area (TPSA) is 95.9 Å². The third-order valence-electron chi connectivity index (χ3n) is 4.20. The molecule has 1 aromatic rings. The molecule has 1 aliphatic carbocycles. The van der Waals surface area contributed by atoms with E-state index in [1.54, 1.807) is 0 Å². The molecule has 0 heterocycles. The zero-order valence-corrected chi connectivity index (χ0v) is 14.1. The third kappa shape index (κ3) is 5.23. The SMILES string of the molecule is CC(C)Oc1cccc(CC(=O)NC[C@H]2CC(C(=O)O)C[C@H]2O)c1. The predicted octanol–water partition coefficient (Wildman–Crippen LogP) is 1.60. The van der Waals surface area contributed by atoms with E-state index in [1.807, 2.05) is 38.1 Å². The Morgan fingerprint density at radius 1 is 1.33 bits per heavy atom. The van der Waals surface area contributed by atoms with Gasteiger partial charge in [-0.1, -0.05) is 12.1 Å². The Morgan fingerprint density at radius 2 is 2.08 bits per heavy atom. The van der Waals surface area contributed by atoms with Crippen molar-refractivity contribution in [1.82, 2.24) is 5.32 Å². The molecule has 0 spiro atoms. The summed E-state index contributed by atoms with van der Waals surface area (Å²) in [5, 5.41) is 21.7. The molecule has 3 N–H and O–H groups in total. The van der Waals surface area contributed by atoms with Crippen LogP contribution in [-0.4, -0.2) is 40.8 Å². The summed E-state index contributed by atoms with van der Waals surface area (Å²) in [5.41, 5.74) is 0.848. The average Bonchev–Trinajstić information content (AvgIpc) is 2.86. The number of carbonyl (C=O) groups is 2. The fourth-order valence-electron chi connectivity index (χ4n) is 3.02. The highest BCUT2D eigenvalue weighted by Gasteiger charge is 2.36. The van der Waals surface area contributed by atoms with E-state index in [4.69, 9.17) is 9.84 Å². The number of carboxylic acid groups (broad SMARTS) is 1. The molecule has 1 unspecified atom stereocenters. The number of aliphatic hydroxyl groups is 1. The summed E-state index contributed by atoms with van der Waals surface area (Å²) in [4.78, 5) is 23.0. The quantitative estimate of drug-likeness (QED) is 0.703. The number of hydrogen-bond donors (Lipinski definition) is 3. The van der Waals surface area contributed by atoms with Crippen LogP contribution < -0.4 is 10.1 Å². The van der Waals surface area contributed by atoms with Gasteiger partial charge in [0.25, 0.3) is 0 Å². The van der Waals surface area contributed by atoms with Gasteiger partial charge in [0.15, 0.2) is 0 Å². The fourth-order valence-corrected chi connectivity index (χ4v) is 3.02. The van der Waals surface area contributed by atoms with E-state index >= 15 is 0 Å². The van der Waals surface area contributed by atoms with Crippen molar-refractivity contribution in [3.8, 4) is 5.75 Å². The van der Waals surface area contributed by atoms with E-state index in [0.29, 0.717) is 13.0 Å². The van der Waals surface area contributed by atoms with Crippen molar-refractivity contribution in [1.29, 1.82) is 0 Å². The maximum atomic E-state index is 12.1. The second-order valence-electron chi connectivity index (χ2n) is 6.63. The Bertz CT molecular complexity index is 587. The molecular formula is C18H25NO5. The van der Waals surface area contributed by atoms with Crippen molar-refractivity contribution >= 4 is 11.9 Å². The minimum atomic E-state index is -0.884. The first-order valence-electron chi connectivity index (χ1n) is 8.28. The molecule has 0 aliphatic heterocycles. The lowest BCUT2D eigenvalue weighted by atomic mass is 10.0. The summed E-state index contributed by atoms with van der Waals surface area (Å²) in [5.74, 6) is -1.03. The highest BCUT2D eigenvalue weighted by molar-refractivity contribution is 5.78. The number of aliphatic carboxylic acids is 1. The maximum Gasteiger partial charge on any atom is 0.306 e. The van der Waals surface area contributed by atoms with Gasteiger partial charge in [0.2, 0.25) is 5.91 Å². The molecule has 1 amide bonds. The first-order chi connectivity index (χ1) is 11.3. The molecule has 0 radical (unpaired) electrons. The van der Waals surface area contributed by atoms with Crippen LogP contribution in [0.4, 0.5) is 0 Å². The van der Waals surface area contributed by atoms with Gasteiger partial charge in [0, 0.05) is 12.5 Å². The van der Waals surface area contributed by atoms with Crippen LogP contribution in [0, 0.1) is 11.8 Å². The average molecular weight is 335 g/mol. The number of ether oxygens (including phenoxy) is 1. The summed E-state index contributed by atoms with van der Waals surface area (Å²) in [6.45, 7) is 4.18. The van der Waals surface area contributed by atoms with Crippen LogP contribution in [0.1, 0.15) is 32.3 Å². The molecule has 0 saturated heterocycles. The molecule has 1 aromatic carbocycles. The molecule has 1 aliphatic rings. The molecule has 1 fully saturated rings. The summed E-state index contributed by atoms with van der Waals surface area (Å²) < 4.78 is 5.61. The van der Waals surface area contributed by atoms with Gasteiger partial charge in [-0.25, -0.2) is 0 Å². The van der Waals surface area contributed by atoms with Crippen LogP contribution >= 0.6 is 0 Å². The Hall–Kier alpha value is -2.08. The van der Waals surface area contributed by atoms with E-state index in [0.717, 1.165) is 11.3 Å². The number of amides is 1. The molecule has 132 valence electrons. The molecule has 6 heteroatoms. The van der Waals surface area contributed by atoms with Crippen LogP contribution in [0.3, 0.4) is 0 Å². The van der Waals surface area contributed by atoms with E-state index in [-0.39, 0.29) is 30.8 Å². The standard InChI is InChI=1S/C18H25NO5/c1-11(2)24-15-5-3-4-12(6-15)7-17(21)19-10-14-8-13(18(22)23)9-16(14)20/h3-6,11,13-14,16,20H,7-10H2,1-2H3,(H,19,21)(H,22,23)/t13?,14-,16-/m1/s1. The Morgan fingerprint density at radius 3 is 2.71 bits per heavy atom. The monoisotopic (exact) mass is 335 g/mol. The van der Waals surface area contributed by atoms with Crippen LogP contribution in [0.2, 0.25) is 0 Å². The highest BCUT2D eigenvalue weighted by atomic mass is 16.5. The summed E-state index contributed by atoms with van der Waals surface area (Å²) in [7, 11) is 0. The van der Waals surface area contributed by atoms with Crippen LogP contribution in [0.15, 0.2) is 24.3 Å². The minimum Gasteiger partial charge on any atom is -0.491 e. The molecule has 2 rings (SSSR count). The van der Waals surface area contributed by atoms with Crippen LogP contribution in [-0.2, 0) is 16.0 Å². The van der Waals surface area contributed by atoms with Crippen molar-refractivity contribution in [3.63, 3.8) is 0 Å². The Labute approximate surface area is 141 Å². The second-order valence-corrected chi connectivity index (χ2v) is 6.63. The first kappa shape index (κ1) is 18.3. The minimum absolute atomic E-state index is 0.0695. The van der Waals surface area contributed by atoms with E-state index in [9.17, 15) is 14.7 Å². The largest absolute Gasteiger partial charge is 0.491 e. The lowest BCUT2D eigenvalue weighted by Crippen LogP contribution is -2.33. The molecule has 1 saturated carbocycles. The van der Waals surface area contributed by atoms with Crippen molar-refractivity contribution in [3.05, 3.63) is 29.8 Å². The van der Waals surface area contributed by atoms with Crippen molar-refractivity contribution in [2.24, 2.45) is 11.8 Å². The number of hydrogen-bond acceptors (Lipinski definition) is 4. The zero-order chi connectivity index (χ0) is 17.7. The maximum absolute atomic E-state index is 12.1.